The van der Waals surface area contributed by atoms with Crippen molar-refractivity contribution in [2.24, 2.45) is 5.41 Å². The Morgan fingerprint density at radius 2 is 2.10 bits per heavy atom. The summed E-state index contributed by atoms with van der Waals surface area (Å²) in [5.74, 6) is 0. The molecule has 20 heavy (non-hydrogen) atoms. The van der Waals surface area contributed by atoms with Gasteiger partial charge in [-0.1, -0.05) is 20.3 Å². The van der Waals surface area contributed by atoms with Crippen molar-refractivity contribution >= 4 is 10.2 Å². The van der Waals surface area contributed by atoms with E-state index in [0.717, 1.165) is 25.7 Å². The molecule has 0 spiro atoms. The van der Waals surface area contributed by atoms with Gasteiger partial charge in [0.25, 0.3) is 10.2 Å². The molecule has 6 nitrogen and oxygen atoms in total. The Bertz CT molecular complexity index is 384. The van der Waals surface area contributed by atoms with Gasteiger partial charge in [-0.2, -0.15) is 12.7 Å². The number of hydrogen-bond donors (Lipinski definition) is 2. The summed E-state index contributed by atoms with van der Waals surface area (Å²) in [7, 11) is -1.88. The number of hydrogen-bond acceptors (Lipinski definition) is 4. The predicted octanol–water partition coefficient (Wildman–Crippen LogP) is 0.730. The maximum Gasteiger partial charge on any atom is 0.279 e. The first-order valence-electron chi connectivity index (χ1n) is 7.18. The van der Waals surface area contributed by atoms with Gasteiger partial charge in [0.15, 0.2) is 0 Å². The van der Waals surface area contributed by atoms with Crippen molar-refractivity contribution in [1.82, 2.24) is 9.03 Å². The number of ether oxygens (including phenoxy) is 1. The van der Waals surface area contributed by atoms with Crippen LogP contribution in [-0.4, -0.2) is 57.3 Å². The zero-order chi connectivity index (χ0) is 15.2. The first-order valence-corrected chi connectivity index (χ1v) is 8.62. The van der Waals surface area contributed by atoms with Crippen LogP contribution in [0.1, 0.15) is 39.5 Å². The van der Waals surface area contributed by atoms with Gasteiger partial charge in [0.05, 0.1) is 6.61 Å². The highest BCUT2D eigenvalue weighted by Gasteiger charge is 2.32. The number of nitrogens with one attached hydrogen (secondary N) is 1. The summed E-state index contributed by atoms with van der Waals surface area (Å²) < 4.78 is 33.8. The summed E-state index contributed by atoms with van der Waals surface area (Å²) >= 11 is 0. The highest BCUT2D eigenvalue weighted by molar-refractivity contribution is 7.87. The molecule has 2 N–H and O–H groups in total. The van der Waals surface area contributed by atoms with Gasteiger partial charge in [-0.15, -0.1) is 0 Å². The van der Waals surface area contributed by atoms with Crippen LogP contribution < -0.4 is 4.72 Å². The smallest absolute Gasteiger partial charge is 0.279 e. The average molecular weight is 308 g/mol. The number of rotatable bonds is 8. The molecule has 0 amide bonds. The molecule has 1 fully saturated rings. The highest BCUT2D eigenvalue weighted by atomic mass is 32.2. The van der Waals surface area contributed by atoms with Crippen LogP contribution >= 0.6 is 0 Å². The molecule has 0 bridgehead atoms. The molecule has 1 heterocycles. The molecule has 0 aromatic rings. The summed E-state index contributed by atoms with van der Waals surface area (Å²) in [5, 5.41) is 9.32. The number of aliphatic hydroxyl groups is 1. The van der Waals surface area contributed by atoms with E-state index in [1.807, 2.05) is 13.8 Å². The quantitative estimate of drug-likeness (QED) is 0.693. The molecule has 120 valence electrons. The molecule has 1 aliphatic heterocycles. The lowest BCUT2D eigenvalue weighted by molar-refractivity contribution is 0.147. The summed E-state index contributed by atoms with van der Waals surface area (Å²) in [6.45, 7) is 5.36. The normalized spacial score (nSPS) is 22.1. The third-order valence-corrected chi connectivity index (χ3v) is 5.42. The summed E-state index contributed by atoms with van der Waals surface area (Å²) in [4.78, 5) is 0. The van der Waals surface area contributed by atoms with E-state index in [-0.39, 0.29) is 18.1 Å². The van der Waals surface area contributed by atoms with Gasteiger partial charge in [0.1, 0.15) is 0 Å². The molecule has 1 rings (SSSR count). The van der Waals surface area contributed by atoms with Crippen molar-refractivity contribution in [2.45, 2.75) is 45.6 Å². The minimum atomic E-state index is -3.52. The Labute approximate surface area is 122 Å². The van der Waals surface area contributed by atoms with Gasteiger partial charge >= 0.3 is 0 Å². The Morgan fingerprint density at radius 3 is 2.70 bits per heavy atom. The molecular formula is C13H28N2O4S. The van der Waals surface area contributed by atoms with Gasteiger partial charge < -0.3 is 9.84 Å². The third-order valence-electron chi connectivity index (χ3n) is 3.81. The summed E-state index contributed by atoms with van der Waals surface area (Å²) in [5.41, 5.74) is -0.159. The van der Waals surface area contributed by atoms with Crippen LogP contribution in [0.15, 0.2) is 0 Å². The molecule has 1 unspecified atom stereocenters. The Balaban J connectivity index is 2.60. The molecule has 0 aliphatic carbocycles. The van der Waals surface area contributed by atoms with Crippen molar-refractivity contribution in [1.29, 1.82) is 0 Å². The third kappa shape index (κ3) is 5.29. The first-order chi connectivity index (χ1) is 9.32. The fraction of sp³-hybridized carbons (Fsp3) is 1.00. The monoisotopic (exact) mass is 308 g/mol. The van der Waals surface area contributed by atoms with E-state index in [0.29, 0.717) is 19.7 Å². The van der Waals surface area contributed by atoms with Crippen molar-refractivity contribution in [3.05, 3.63) is 0 Å². The van der Waals surface area contributed by atoms with Crippen LogP contribution in [0.3, 0.4) is 0 Å². The van der Waals surface area contributed by atoms with Gasteiger partial charge in [-0.3, -0.25) is 0 Å². The van der Waals surface area contributed by atoms with Crippen molar-refractivity contribution in [3.8, 4) is 0 Å². The summed E-state index contributed by atoms with van der Waals surface area (Å²) in [6.07, 6.45) is 3.33. The van der Waals surface area contributed by atoms with Crippen molar-refractivity contribution in [3.63, 3.8) is 0 Å². The second kappa shape index (κ2) is 7.70. The van der Waals surface area contributed by atoms with E-state index in [1.54, 1.807) is 7.11 Å². The molecule has 1 atom stereocenters. The van der Waals surface area contributed by atoms with Crippen LogP contribution in [0.5, 0.6) is 0 Å². The number of nitrogens with zero attached hydrogens (tertiary/aromatic N) is 1. The lowest BCUT2D eigenvalue weighted by Crippen LogP contribution is -2.51. The molecule has 0 radical (unpaired) electrons. The Morgan fingerprint density at radius 1 is 1.40 bits per heavy atom. The van der Waals surface area contributed by atoms with Gasteiger partial charge in [-0.05, 0) is 24.7 Å². The minimum absolute atomic E-state index is 0.117. The fourth-order valence-corrected chi connectivity index (χ4v) is 3.98. The standard InChI is InChI=1S/C13H28N2O4S/c1-13(2,7-9-19-3)11-14-20(17,18)15-8-5-4-6-12(15)10-16/h12,14,16H,4-11H2,1-3H3. The van der Waals surface area contributed by atoms with E-state index in [2.05, 4.69) is 4.72 Å². The molecule has 0 aromatic carbocycles. The van der Waals surface area contributed by atoms with E-state index in [9.17, 15) is 13.5 Å². The molecule has 1 saturated heterocycles. The zero-order valence-corrected chi connectivity index (χ0v) is 13.6. The molecule has 1 aliphatic rings. The maximum atomic E-state index is 12.3. The lowest BCUT2D eigenvalue weighted by Gasteiger charge is -2.34. The number of piperidine rings is 1. The van der Waals surface area contributed by atoms with Gasteiger partial charge in [-0.25, -0.2) is 4.72 Å². The van der Waals surface area contributed by atoms with E-state index < -0.39 is 10.2 Å². The minimum Gasteiger partial charge on any atom is -0.395 e. The lowest BCUT2D eigenvalue weighted by atomic mass is 9.90. The topological polar surface area (TPSA) is 78.9 Å². The highest BCUT2D eigenvalue weighted by Crippen LogP contribution is 2.22. The van der Waals surface area contributed by atoms with Gasteiger partial charge in [0, 0.05) is 32.8 Å². The SMILES string of the molecule is COCCC(C)(C)CNS(=O)(=O)N1CCCCC1CO. The molecule has 7 heteroatoms. The van der Waals surface area contributed by atoms with Crippen molar-refractivity contribution < 1.29 is 18.3 Å². The molecule has 0 aromatic heterocycles. The fourth-order valence-electron chi connectivity index (χ4n) is 2.31. The van der Waals surface area contributed by atoms with Crippen LogP contribution in [0, 0.1) is 5.41 Å². The van der Waals surface area contributed by atoms with E-state index in [4.69, 9.17) is 4.74 Å². The maximum absolute atomic E-state index is 12.3. The largest absolute Gasteiger partial charge is 0.395 e. The second-order valence-corrected chi connectivity index (χ2v) is 7.88. The predicted molar refractivity (Wildman–Crippen MR) is 78.6 cm³/mol. The van der Waals surface area contributed by atoms with E-state index in [1.165, 1.54) is 4.31 Å². The Hall–Kier alpha value is -0.210. The van der Waals surface area contributed by atoms with Crippen LogP contribution in [0.4, 0.5) is 0 Å². The summed E-state index contributed by atoms with van der Waals surface area (Å²) in [6, 6.07) is -0.289. The van der Waals surface area contributed by atoms with Crippen LogP contribution in [0.2, 0.25) is 0 Å². The Kier molecular flexibility index (Phi) is 6.87. The van der Waals surface area contributed by atoms with Crippen LogP contribution in [0.25, 0.3) is 0 Å². The average Bonchev–Trinajstić information content (AvgIpc) is 2.43. The second-order valence-electron chi connectivity index (χ2n) is 6.18. The number of methoxy groups -OCH3 is 1. The molecular weight excluding hydrogens is 280 g/mol. The van der Waals surface area contributed by atoms with Gasteiger partial charge in [0.2, 0.25) is 0 Å². The van der Waals surface area contributed by atoms with Crippen molar-refractivity contribution in [2.75, 3.05) is 33.4 Å². The number of aliphatic hydroxyl groups excluding tert-OH is 1. The molecule has 0 saturated carbocycles. The van der Waals surface area contributed by atoms with E-state index >= 15 is 0 Å². The first kappa shape index (κ1) is 17.8. The zero-order valence-electron chi connectivity index (χ0n) is 12.8. The van der Waals surface area contributed by atoms with Crippen LogP contribution in [-0.2, 0) is 14.9 Å².